The van der Waals surface area contributed by atoms with Crippen LogP contribution < -0.4 is 4.74 Å². The second-order valence-corrected chi connectivity index (χ2v) is 5.58. The number of benzene rings is 1. The molecule has 1 aromatic carbocycles. The lowest BCUT2D eigenvalue weighted by Gasteiger charge is -2.29. The van der Waals surface area contributed by atoms with Gasteiger partial charge < -0.3 is 4.74 Å². The fourth-order valence-corrected chi connectivity index (χ4v) is 2.02. The van der Waals surface area contributed by atoms with Gasteiger partial charge in [0.2, 0.25) is 0 Å². The zero-order chi connectivity index (χ0) is 9.47. The molecule has 0 bridgehead atoms. The Balaban J connectivity index is 2.49. The number of fused-ring (bicyclic) bond motifs is 1. The minimum absolute atomic E-state index is 0.166. The maximum absolute atomic E-state index is 11.6. The third-order valence-corrected chi connectivity index (χ3v) is 2.59. The van der Waals surface area contributed by atoms with Gasteiger partial charge in [0.05, 0.1) is 12.0 Å². The van der Waals surface area contributed by atoms with Crippen LogP contribution in [0.2, 0.25) is 0 Å². The number of para-hydroxylation sites is 1. The molecular weight excluding hydrogens is 279 g/mol. The number of hydrogen-bond donors (Lipinski definition) is 0. The molecule has 1 heterocycles. The number of halogens is 1. The van der Waals surface area contributed by atoms with Crippen molar-refractivity contribution in [2.75, 3.05) is 0 Å². The van der Waals surface area contributed by atoms with Crippen LogP contribution in [0.4, 0.5) is 0 Å². The smallest absolute Gasteiger partial charge is 0.171 e. The van der Waals surface area contributed by atoms with Crippen LogP contribution in [0.3, 0.4) is 0 Å². The van der Waals surface area contributed by atoms with Crippen LogP contribution in [0, 0.1) is 0 Å². The minimum atomic E-state index is -0.386. The molecule has 0 aliphatic carbocycles. The lowest BCUT2D eigenvalue weighted by molar-refractivity contribution is 0.0851. The first-order valence-corrected chi connectivity index (χ1v) is 5.16. The third kappa shape index (κ3) is 1.70. The van der Waals surface area contributed by atoms with Gasteiger partial charge in [-0.1, -0.05) is 12.1 Å². The maximum Gasteiger partial charge on any atom is 0.171 e. The number of hydrogen-bond acceptors (Lipinski definition) is 2. The van der Waals surface area contributed by atoms with Crippen molar-refractivity contribution in [1.82, 2.24) is 0 Å². The molecule has 68 valence electrons. The molecule has 1 unspecified atom stereocenters. The molecule has 3 heteroatoms. The Hall–Kier alpha value is -0.580. The number of Topliss-reactive ketones (excluding diaryl/α,β-unsaturated/α-hetero) is 1. The van der Waals surface area contributed by atoms with E-state index in [0.29, 0.717) is 17.7 Å². The Bertz CT molecular complexity index is 358. The standard InChI is InChI=1S/C10H9IO2/c1-10(11)6-8(12)7-4-2-3-5-9(7)13-10/h2-5H,6H2,1H3. The van der Waals surface area contributed by atoms with Crippen LogP contribution in [-0.2, 0) is 0 Å². The molecule has 1 aromatic rings. The molecular formula is C10H9IO2. The highest BCUT2D eigenvalue weighted by Gasteiger charge is 2.33. The van der Waals surface area contributed by atoms with Crippen LogP contribution >= 0.6 is 22.6 Å². The van der Waals surface area contributed by atoms with Gasteiger partial charge in [-0.05, 0) is 41.6 Å². The van der Waals surface area contributed by atoms with E-state index in [1.54, 1.807) is 0 Å². The van der Waals surface area contributed by atoms with Gasteiger partial charge in [0, 0.05) is 0 Å². The molecule has 2 rings (SSSR count). The summed E-state index contributed by atoms with van der Waals surface area (Å²) in [6.45, 7) is 1.92. The molecule has 0 N–H and O–H groups in total. The summed E-state index contributed by atoms with van der Waals surface area (Å²) in [6, 6.07) is 7.38. The first kappa shape index (κ1) is 8.99. The number of rotatable bonds is 0. The van der Waals surface area contributed by atoms with Crippen molar-refractivity contribution in [3.8, 4) is 5.75 Å². The van der Waals surface area contributed by atoms with Crippen molar-refractivity contribution >= 4 is 28.4 Å². The molecule has 0 saturated carbocycles. The molecule has 1 aliphatic rings. The third-order valence-electron chi connectivity index (χ3n) is 1.99. The fraction of sp³-hybridized carbons (Fsp3) is 0.300. The first-order chi connectivity index (χ1) is 6.08. The highest BCUT2D eigenvalue weighted by molar-refractivity contribution is 14.1. The quantitative estimate of drug-likeness (QED) is 0.542. The van der Waals surface area contributed by atoms with Crippen molar-refractivity contribution < 1.29 is 9.53 Å². The summed E-state index contributed by atoms with van der Waals surface area (Å²) in [5.74, 6) is 0.870. The van der Waals surface area contributed by atoms with Gasteiger partial charge in [-0.15, -0.1) is 0 Å². The number of alkyl halides is 1. The van der Waals surface area contributed by atoms with Gasteiger partial charge in [0.1, 0.15) is 5.75 Å². The van der Waals surface area contributed by atoms with E-state index in [2.05, 4.69) is 22.6 Å². The van der Waals surface area contributed by atoms with Crippen molar-refractivity contribution in [1.29, 1.82) is 0 Å². The van der Waals surface area contributed by atoms with Crippen LogP contribution in [0.25, 0.3) is 0 Å². The second-order valence-electron chi connectivity index (χ2n) is 3.30. The van der Waals surface area contributed by atoms with E-state index in [9.17, 15) is 4.79 Å². The highest BCUT2D eigenvalue weighted by atomic mass is 127. The van der Waals surface area contributed by atoms with Gasteiger partial charge >= 0.3 is 0 Å². The molecule has 0 radical (unpaired) electrons. The minimum Gasteiger partial charge on any atom is -0.476 e. The van der Waals surface area contributed by atoms with Crippen LogP contribution in [0.1, 0.15) is 23.7 Å². The molecule has 0 spiro atoms. The molecule has 1 aliphatic heterocycles. The number of carbonyl (C=O) groups excluding carboxylic acids is 1. The van der Waals surface area contributed by atoms with Crippen LogP contribution in [0.5, 0.6) is 5.75 Å². The summed E-state index contributed by atoms with van der Waals surface area (Å²) < 4.78 is 5.27. The number of ether oxygens (including phenoxy) is 1. The van der Waals surface area contributed by atoms with Gasteiger partial charge in [0.25, 0.3) is 0 Å². The summed E-state index contributed by atoms with van der Waals surface area (Å²) >= 11 is 2.16. The van der Waals surface area contributed by atoms with Crippen molar-refractivity contribution in [2.24, 2.45) is 0 Å². The molecule has 0 amide bonds. The first-order valence-electron chi connectivity index (χ1n) is 4.09. The van der Waals surface area contributed by atoms with Crippen LogP contribution in [0.15, 0.2) is 24.3 Å². The molecule has 13 heavy (non-hydrogen) atoms. The molecule has 0 fully saturated rings. The summed E-state index contributed by atoms with van der Waals surface area (Å²) in [5.41, 5.74) is 0.705. The van der Waals surface area contributed by atoms with Crippen molar-refractivity contribution in [3.63, 3.8) is 0 Å². The lowest BCUT2D eigenvalue weighted by Crippen LogP contribution is -2.32. The summed E-state index contributed by atoms with van der Waals surface area (Å²) in [6.07, 6.45) is 0.449. The van der Waals surface area contributed by atoms with E-state index in [-0.39, 0.29) is 9.39 Å². The van der Waals surface area contributed by atoms with Crippen LogP contribution in [-0.4, -0.2) is 9.39 Å². The predicted molar refractivity (Wildman–Crippen MR) is 58.4 cm³/mol. The number of carbonyl (C=O) groups is 1. The van der Waals surface area contributed by atoms with Gasteiger partial charge in [0.15, 0.2) is 9.39 Å². The predicted octanol–water partition coefficient (Wildman–Crippen LogP) is 2.80. The maximum atomic E-state index is 11.6. The monoisotopic (exact) mass is 288 g/mol. The van der Waals surface area contributed by atoms with E-state index in [1.165, 1.54) is 0 Å². The van der Waals surface area contributed by atoms with Gasteiger partial charge in [-0.2, -0.15) is 0 Å². The topological polar surface area (TPSA) is 26.3 Å². The SMILES string of the molecule is CC1(I)CC(=O)c2ccccc2O1. The summed E-state index contributed by atoms with van der Waals surface area (Å²) in [5, 5.41) is 0. The molecule has 0 aromatic heterocycles. The van der Waals surface area contributed by atoms with E-state index < -0.39 is 0 Å². The zero-order valence-corrected chi connectivity index (χ0v) is 9.37. The Kier molecular flexibility index (Phi) is 2.06. The highest BCUT2D eigenvalue weighted by Crippen LogP contribution is 2.36. The van der Waals surface area contributed by atoms with Gasteiger partial charge in [-0.3, -0.25) is 4.79 Å². The van der Waals surface area contributed by atoms with E-state index in [0.717, 1.165) is 0 Å². The Labute approximate surface area is 90.4 Å². The van der Waals surface area contributed by atoms with Crippen molar-refractivity contribution in [2.45, 2.75) is 17.0 Å². The lowest BCUT2D eigenvalue weighted by atomic mass is 10.0. The normalized spacial score (nSPS) is 26.5. The average Bonchev–Trinajstić information content (AvgIpc) is 2.02. The Morgan fingerprint density at radius 1 is 1.46 bits per heavy atom. The fourth-order valence-electron chi connectivity index (χ4n) is 1.43. The largest absolute Gasteiger partial charge is 0.476 e. The molecule has 1 atom stereocenters. The van der Waals surface area contributed by atoms with E-state index in [1.807, 2.05) is 31.2 Å². The molecule has 0 saturated heterocycles. The van der Waals surface area contributed by atoms with Gasteiger partial charge in [-0.25, -0.2) is 0 Å². The second kappa shape index (κ2) is 2.97. The summed E-state index contributed by atoms with van der Waals surface area (Å²) in [4.78, 5) is 11.6. The van der Waals surface area contributed by atoms with Crippen molar-refractivity contribution in [3.05, 3.63) is 29.8 Å². The summed E-state index contributed by atoms with van der Waals surface area (Å²) in [7, 11) is 0. The van der Waals surface area contributed by atoms with E-state index >= 15 is 0 Å². The average molecular weight is 288 g/mol. The zero-order valence-electron chi connectivity index (χ0n) is 7.21. The van der Waals surface area contributed by atoms with E-state index in [4.69, 9.17) is 4.74 Å². The molecule has 2 nitrogen and oxygen atoms in total. The Morgan fingerprint density at radius 3 is 2.92 bits per heavy atom. The number of ketones is 1. The Morgan fingerprint density at radius 2 is 2.15 bits per heavy atom.